The maximum atomic E-state index is 12.2. The maximum absolute atomic E-state index is 12.2. The fourth-order valence-corrected chi connectivity index (χ4v) is 3.13. The van der Waals surface area contributed by atoms with Gasteiger partial charge in [0.25, 0.3) is 5.91 Å². The second-order valence-corrected chi connectivity index (χ2v) is 6.41. The molecule has 1 amide bonds. The van der Waals surface area contributed by atoms with Crippen LogP contribution in [0.3, 0.4) is 0 Å². The Hall–Kier alpha value is -3.81. The fourth-order valence-electron chi connectivity index (χ4n) is 3.13. The van der Waals surface area contributed by atoms with E-state index in [2.05, 4.69) is 20.1 Å². The highest BCUT2D eigenvalue weighted by molar-refractivity contribution is 5.81. The van der Waals surface area contributed by atoms with Crippen LogP contribution in [0.1, 0.15) is 0 Å². The van der Waals surface area contributed by atoms with Gasteiger partial charge in [-0.1, -0.05) is 12.1 Å². The van der Waals surface area contributed by atoms with E-state index in [4.69, 9.17) is 9.47 Å². The minimum absolute atomic E-state index is 0.0667. The number of carbonyl (C=O) groups excluding carboxylic acids is 1. The third-order valence-corrected chi connectivity index (χ3v) is 4.57. The molecule has 0 spiro atoms. The number of benzene rings is 2. The van der Waals surface area contributed by atoms with E-state index >= 15 is 0 Å². The summed E-state index contributed by atoms with van der Waals surface area (Å²) < 4.78 is 14.8. The molecular weight excluding hydrogens is 370 g/mol. The number of fused-ring (bicyclic) bond motifs is 1. The highest BCUT2D eigenvalue weighted by Crippen LogP contribution is 2.22. The molecule has 0 radical (unpaired) electrons. The normalized spacial score (nSPS) is 10.8. The van der Waals surface area contributed by atoms with Gasteiger partial charge in [-0.05, 0) is 36.4 Å². The zero-order valence-electron chi connectivity index (χ0n) is 16.0. The van der Waals surface area contributed by atoms with Gasteiger partial charge in [-0.25, -0.2) is 0 Å². The number of aromatic nitrogens is 4. The molecule has 8 nitrogen and oxygen atoms in total. The van der Waals surface area contributed by atoms with Crippen molar-refractivity contribution in [2.24, 2.45) is 0 Å². The van der Waals surface area contributed by atoms with Crippen LogP contribution in [0.25, 0.3) is 16.6 Å². The summed E-state index contributed by atoms with van der Waals surface area (Å²) in [6, 6.07) is 15.4. The van der Waals surface area contributed by atoms with Crippen LogP contribution in [0, 0.1) is 0 Å². The van der Waals surface area contributed by atoms with Gasteiger partial charge in [-0.3, -0.25) is 9.36 Å². The summed E-state index contributed by atoms with van der Waals surface area (Å²) in [6.45, 7) is 1.10. The Balaban J connectivity index is 1.30. The lowest BCUT2D eigenvalue weighted by Gasteiger charge is -2.12. The van der Waals surface area contributed by atoms with Gasteiger partial charge in [0, 0.05) is 30.2 Å². The number of methoxy groups -OCH3 is 1. The van der Waals surface area contributed by atoms with Crippen molar-refractivity contribution in [3.8, 4) is 17.2 Å². The topological polar surface area (TPSA) is 83.2 Å². The SMILES string of the molecule is COc1ccc2c(ccn2CCNC(=O)COc2ccccc2-n2cnnc2)c1. The largest absolute Gasteiger partial charge is 0.497 e. The van der Waals surface area contributed by atoms with E-state index in [1.165, 1.54) is 0 Å². The average molecular weight is 391 g/mol. The molecule has 0 saturated carbocycles. The van der Waals surface area contributed by atoms with Crippen molar-refractivity contribution in [2.75, 3.05) is 20.3 Å². The van der Waals surface area contributed by atoms with E-state index in [9.17, 15) is 4.79 Å². The third-order valence-electron chi connectivity index (χ3n) is 4.57. The van der Waals surface area contributed by atoms with Crippen molar-refractivity contribution >= 4 is 16.8 Å². The standard InChI is InChI=1S/C21H21N5O3/c1-28-17-6-7-18-16(12-17)8-10-25(18)11-9-22-21(27)13-29-20-5-3-2-4-19(20)26-14-23-24-15-26/h2-8,10,12,14-15H,9,11,13H2,1H3,(H,22,27). The van der Waals surface area contributed by atoms with E-state index in [1.807, 2.05) is 54.7 Å². The molecule has 0 aliphatic rings. The van der Waals surface area contributed by atoms with Crippen LogP contribution < -0.4 is 14.8 Å². The zero-order chi connectivity index (χ0) is 20.1. The first-order valence-electron chi connectivity index (χ1n) is 9.21. The van der Waals surface area contributed by atoms with Crippen molar-refractivity contribution in [3.63, 3.8) is 0 Å². The monoisotopic (exact) mass is 391 g/mol. The van der Waals surface area contributed by atoms with Crippen molar-refractivity contribution in [1.29, 1.82) is 0 Å². The van der Waals surface area contributed by atoms with Crippen LogP contribution in [-0.4, -0.2) is 45.5 Å². The van der Waals surface area contributed by atoms with Crippen molar-refractivity contribution in [1.82, 2.24) is 24.6 Å². The third kappa shape index (κ3) is 4.21. The van der Waals surface area contributed by atoms with Crippen LogP contribution in [0.15, 0.2) is 67.4 Å². The van der Waals surface area contributed by atoms with Gasteiger partial charge in [0.05, 0.1) is 12.8 Å². The Morgan fingerprint density at radius 1 is 1.10 bits per heavy atom. The van der Waals surface area contributed by atoms with Crippen molar-refractivity contribution < 1.29 is 14.3 Å². The number of para-hydroxylation sites is 2. The number of hydrogen-bond acceptors (Lipinski definition) is 5. The molecule has 2 aromatic heterocycles. The quantitative estimate of drug-likeness (QED) is 0.499. The molecule has 4 rings (SSSR count). The number of nitrogens with zero attached hydrogens (tertiary/aromatic N) is 4. The summed E-state index contributed by atoms with van der Waals surface area (Å²) in [6.07, 6.45) is 5.17. The fraction of sp³-hybridized carbons (Fsp3) is 0.190. The number of carbonyl (C=O) groups is 1. The summed E-state index contributed by atoms with van der Waals surface area (Å²) in [5.74, 6) is 1.24. The molecule has 148 valence electrons. The smallest absolute Gasteiger partial charge is 0.258 e. The minimum atomic E-state index is -0.179. The maximum Gasteiger partial charge on any atom is 0.258 e. The van der Waals surface area contributed by atoms with E-state index < -0.39 is 0 Å². The Bertz CT molecular complexity index is 1100. The Kier molecular flexibility index (Phi) is 5.42. The molecule has 0 bridgehead atoms. The van der Waals surface area contributed by atoms with Crippen LogP contribution >= 0.6 is 0 Å². The first-order chi connectivity index (χ1) is 14.2. The number of hydrogen-bond donors (Lipinski definition) is 1. The Morgan fingerprint density at radius 2 is 1.93 bits per heavy atom. The van der Waals surface area contributed by atoms with Crippen LogP contribution in [0.2, 0.25) is 0 Å². The van der Waals surface area contributed by atoms with E-state index in [0.29, 0.717) is 18.8 Å². The number of rotatable bonds is 8. The van der Waals surface area contributed by atoms with E-state index in [1.54, 1.807) is 24.3 Å². The van der Waals surface area contributed by atoms with Gasteiger partial charge >= 0.3 is 0 Å². The van der Waals surface area contributed by atoms with E-state index in [-0.39, 0.29) is 12.5 Å². The Labute approximate surface area is 167 Å². The van der Waals surface area contributed by atoms with Crippen LogP contribution in [-0.2, 0) is 11.3 Å². The molecule has 2 aromatic carbocycles. The van der Waals surface area contributed by atoms with Gasteiger partial charge < -0.3 is 19.4 Å². The molecule has 0 aliphatic carbocycles. The molecule has 0 aliphatic heterocycles. The molecule has 8 heteroatoms. The summed E-state index contributed by atoms with van der Waals surface area (Å²) in [5, 5.41) is 11.6. The summed E-state index contributed by atoms with van der Waals surface area (Å²) in [4.78, 5) is 12.2. The van der Waals surface area contributed by atoms with Crippen molar-refractivity contribution in [3.05, 3.63) is 67.4 Å². The van der Waals surface area contributed by atoms with Gasteiger partial charge in [0.15, 0.2) is 6.61 Å². The first-order valence-corrected chi connectivity index (χ1v) is 9.21. The van der Waals surface area contributed by atoms with Gasteiger partial charge in [0.1, 0.15) is 24.2 Å². The van der Waals surface area contributed by atoms with Crippen LogP contribution in [0.4, 0.5) is 0 Å². The van der Waals surface area contributed by atoms with Crippen LogP contribution in [0.5, 0.6) is 11.5 Å². The van der Waals surface area contributed by atoms with Gasteiger partial charge in [-0.2, -0.15) is 0 Å². The second kappa shape index (κ2) is 8.47. The molecule has 4 aromatic rings. The second-order valence-electron chi connectivity index (χ2n) is 6.41. The number of ether oxygens (including phenoxy) is 2. The predicted molar refractivity (Wildman–Crippen MR) is 108 cm³/mol. The molecule has 0 fully saturated rings. The predicted octanol–water partition coefficient (Wildman–Crippen LogP) is 2.43. The molecule has 1 N–H and O–H groups in total. The van der Waals surface area contributed by atoms with Gasteiger partial charge in [-0.15, -0.1) is 10.2 Å². The highest BCUT2D eigenvalue weighted by Gasteiger charge is 2.08. The first kappa shape index (κ1) is 18.5. The average Bonchev–Trinajstić information content (AvgIpc) is 3.42. The zero-order valence-corrected chi connectivity index (χ0v) is 16.0. The lowest BCUT2D eigenvalue weighted by atomic mass is 10.2. The Morgan fingerprint density at radius 3 is 2.76 bits per heavy atom. The van der Waals surface area contributed by atoms with E-state index in [0.717, 1.165) is 22.3 Å². The lowest BCUT2D eigenvalue weighted by Crippen LogP contribution is -2.31. The summed E-state index contributed by atoms with van der Waals surface area (Å²) in [7, 11) is 1.65. The lowest BCUT2D eigenvalue weighted by molar-refractivity contribution is -0.123. The highest BCUT2D eigenvalue weighted by atomic mass is 16.5. The molecule has 0 atom stereocenters. The molecule has 29 heavy (non-hydrogen) atoms. The number of amides is 1. The number of nitrogens with one attached hydrogen (secondary N) is 1. The molecule has 0 unspecified atom stereocenters. The van der Waals surface area contributed by atoms with Gasteiger partial charge in [0.2, 0.25) is 0 Å². The van der Waals surface area contributed by atoms with Crippen molar-refractivity contribution in [2.45, 2.75) is 6.54 Å². The molecule has 0 saturated heterocycles. The molecule has 2 heterocycles. The minimum Gasteiger partial charge on any atom is -0.497 e. The summed E-state index contributed by atoms with van der Waals surface area (Å²) in [5.41, 5.74) is 1.87. The summed E-state index contributed by atoms with van der Waals surface area (Å²) >= 11 is 0. The molecular formula is C21H21N5O3.